The van der Waals surface area contributed by atoms with Gasteiger partial charge in [-0.25, -0.2) is 14.2 Å². The minimum Gasteiger partial charge on any atom is -0.474 e. The Morgan fingerprint density at radius 3 is 2.82 bits per heavy atom. The van der Waals surface area contributed by atoms with Crippen LogP contribution in [0.3, 0.4) is 0 Å². The number of H-pyrrole nitrogens is 1. The Hall–Kier alpha value is -3.24. The number of carbonyl (C=O) groups is 1. The summed E-state index contributed by atoms with van der Waals surface area (Å²) in [5.74, 6) is -0.859. The van der Waals surface area contributed by atoms with Gasteiger partial charge in [0.1, 0.15) is 12.1 Å². The first kappa shape index (κ1) is 19.5. The maximum Gasteiger partial charge on any atom is 0.321 e. The molecule has 2 heterocycles. The van der Waals surface area contributed by atoms with Crippen molar-refractivity contribution < 1.29 is 23.8 Å². The van der Waals surface area contributed by atoms with E-state index < -0.39 is 17.9 Å². The van der Waals surface area contributed by atoms with E-state index in [0.717, 1.165) is 5.56 Å². The van der Waals surface area contributed by atoms with Gasteiger partial charge in [0.05, 0.1) is 24.6 Å². The third-order valence-corrected chi connectivity index (χ3v) is 3.97. The summed E-state index contributed by atoms with van der Waals surface area (Å²) in [4.78, 5) is 16.2. The Morgan fingerprint density at radius 2 is 2.11 bits per heavy atom. The van der Waals surface area contributed by atoms with Crippen LogP contribution in [0.4, 0.5) is 15.0 Å². The normalized spacial score (nSPS) is 12.0. The molecule has 0 bridgehead atoms. The van der Waals surface area contributed by atoms with Crippen LogP contribution >= 0.6 is 0 Å². The van der Waals surface area contributed by atoms with Crippen LogP contribution in [0.1, 0.15) is 11.6 Å². The Labute approximate surface area is 159 Å². The molecule has 2 aromatic heterocycles. The molecule has 0 saturated carbocycles. The summed E-state index contributed by atoms with van der Waals surface area (Å²) >= 11 is 0. The third-order valence-electron chi connectivity index (χ3n) is 3.97. The summed E-state index contributed by atoms with van der Waals surface area (Å²) in [5.41, 5.74) is 0.773. The first-order valence-electron chi connectivity index (χ1n) is 8.51. The van der Waals surface area contributed by atoms with Crippen molar-refractivity contribution in [3.05, 3.63) is 47.9 Å². The fraction of sp³-hybridized carbons (Fsp3) is 0.278. The molecule has 9 nitrogen and oxygen atoms in total. The summed E-state index contributed by atoms with van der Waals surface area (Å²) in [6, 6.07) is 7.59. The summed E-state index contributed by atoms with van der Waals surface area (Å²) in [6.45, 7) is 0.301. The number of urea groups is 1. The predicted molar refractivity (Wildman–Crippen MR) is 99.6 cm³/mol. The molecule has 10 heteroatoms. The van der Waals surface area contributed by atoms with E-state index in [1.54, 1.807) is 24.3 Å². The molecule has 3 rings (SSSR count). The SMILES string of the molecule is COCCOc1n[nH]c2c(F)c(NC(=O)NC(CO)c3ccccc3)ncc12. The first-order valence-corrected chi connectivity index (χ1v) is 8.51. The number of aromatic amines is 1. The number of benzene rings is 1. The Morgan fingerprint density at radius 1 is 1.32 bits per heavy atom. The van der Waals surface area contributed by atoms with Crippen molar-refractivity contribution in [2.45, 2.75) is 6.04 Å². The number of hydrogen-bond acceptors (Lipinski definition) is 6. The van der Waals surface area contributed by atoms with Gasteiger partial charge in [-0.05, 0) is 5.56 Å². The lowest BCUT2D eigenvalue weighted by atomic mass is 10.1. The van der Waals surface area contributed by atoms with E-state index in [9.17, 15) is 14.3 Å². The van der Waals surface area contributed by atoms with Gasteiger partial charge in [-0.15, -0.1) is 5.10 Å². The van der Waals surface area contributed by atoms with Crippen molar-refractivity contribution >= 4 is 22.8 Å². The fourth-order valence-electron chi connectivity index (χ4n) is 2.57. The van der Waals surface area contributed by atoms with E-state index >= 15 is 0 Å². The van der Waals surface area contributed by atoms with Crippen LogP contribution in [0.25, 0.3) is 10.9 Å². The highest BCUT2D eigenvalue weighted by Gasteiger charge is 2.19. The van der Waals surface area contributed by atoms with Crippen LogP contribution in [0.5, 0.6) is 5.88 Å². The molecule has 2 amide bonds. The van der Waals surface area contributed by atoms with Gasteiger partial charge in [0.25, 0.3) is 0 Å². The smallest absolute Gasteiger partial charge is 0.321 e. The molecule has 0 radical (unpaired) electrons. The zero-order valence-electron chi connectivity index (χ0n) is 15.1. The molecule has 1 unspecified atom stereocenters. The lowest BCUT2D eigenvalue weighted by Crippen LogP contribution is -2.34. The number of nitrogens with zero attached hydrogens (tertiary/aromatic N) is 2. The Balaban J connectivity index is 1.71. The molecule has 0 aliphatic carbocycles. The van der Waals surface area contributed by atoms with E-state index in [1.807, 2.05) is 6.07 Å². The molecule has 4 N–H and O–H groups in total. The lowest BCUT2D eigenvalue weighted by Gasteiger charge is -2.17. The number of carbonyl (C=O) groups excluding carboxylic acids is 1. The van der Waals surface area contributed by atoms with Gasteiger partial charge >= 0.3 is 6.03 Å². The van der Waals surface area contributed by atoms with Crippen molar-refractivity contribution in [2.75, 3.05) is 32.2 Å². The van der Waals surface area contributed by atoms with Crippen LogP contribution in [0, 0.1) is 5.82 Å². The van der Waals surface area contributed by atoms with E-state index in [1.165, 1.54) is 13.3 Å². The number of fused-ring (bicyclic) bond motifs is 1. The molecule has 148 valence electrons. The van der Waals surface area contributed by atoms with Gasteiger partial charge in [-0.3, -0.25) is 10.4 Å². The van der Waals surface area contributed by atoms with Gasteiger partial charge in [-0.1, -0.05) is 30.3 Å². The van der Waals surface area contributed by atoms with Crippen LogP contribution < -0.4 is 15.4 Å². The number of aliphatic hydroxyl groups is 1. The lowest BCUT2D eigenvalue weighted by molar-refractivity contribution is 0.144. The summed E-state index contributed by atoms with van der Waals surface area (Å²) in [7, 11) is 1.54. The highest BCUT2D eigenvalue weighted by atomic mass is 19.1. The quantitative estimate of drug-likeness (QED) is 0.437. The summed E-state index contributed by atoms with van der Waals surface area (Å²) < 4.78 is 24.9. The molecule has 0 aliphatic rings. The molecule has 28 heavy (non-hydrogen) atoms. The van der Waals surface area contributed by atoms with Gasteiger partial charge in [0.2, 0.25) is 5.88 Å². The number of pyridine rings is 1. The molecule has 0 saturated heterocycles. The van der Waals surface area contributed by atoms with Crippen LogP contribution in [0.2, 0.25) is 0 Å². The van der Waals surface area contributed by atoms with Gasteiger partial charge in [0, 0.05) is 13.3 Å². The average Bonchev–Trinajstić information content (AvgIpc) is 3.13. The van der Waals surface area contributed by atoms with Crippen LogP contribution in [-0.4, -0.2) is 53.2 Å². The highest BCUT2D eigenvalue weighted by molar-refractivity contribution is 5.92. The number of ether oxygens (including phenoxy) is 2. The topological polar surface area (TPSA) is 121 Å². The van der Waals surface area contributed by atoms with E-state index in [4.69, 9.17) is 9.47 Å². The zero-order valence-corrected chi connectivity index (χ0v) is 15.1. The Bertz CT molecular complexity index is 934. The molecule has 1 atom stereocenters. The van der Waals surface area contributed by atoms with E-state index in [2.05, 4.69) is 25.8 Å². The summed E-state index contributed by atoms with van der Waals surface area (Å²) in [5, 5.41) is 21.2. The maximum atomic E-state index is 14.7. The molecule has 3 aromatic rings. The minimum atomic E-state index is -0.776. The fourth-order valence-corrected chi connectivity index (χ4v) is 2.57. The largest absolute Gasteiger partial charge is 0.474 e. The van der Waals surface area contributed by atoms with Crippen LogP contribution in [0.15, 0.2) is 36.5 Å². The Kier molecular flexibility index (Phi) is 6.35. The summed E-state index contributed by atoms with van der Waals surface area (Å²) in [6.07, 6.45) is 1.35. The second kappa shape index (κ2) is 9.11. The number of anilines is 1. The van der Waals surface area contributed by atoms with Gasteiger partial charge < -0.3 is 19.9 Å². The number of methoxy groups -OCH3 is 1. The monoisotopic (exact) mass is 389 g/mol. The van der Waals surface area contributed by atoms with Crippen molar-refractivity contribution in [3.63, 3.8) is 0 Å². The predicted octanol–water partition coefficient (Wildman–Crippen LogP) is 1.98. The number of aromatic nitrogens is 3. The zero-order chi connectivity index (χ0) is 19.9. The second-order valence-corrected chi connectivity index (χ2v) is 5.82. The average molecular weight is 389 g/mol. The minimum absolute atomic E-state index is 0.0551. The maximum absolute atomic E-state index is 14.7. The highest BCUT2D eigenvalue weighted by Crippen LogP contribution is 2.27. The van der Waals surface area contributed by atoms with Crippen LogP contribution in [-0.2, 0) is 4.74 Å². The number of nitrogens with one attached hydrogen (secondary N) is 3. The second-order valence-electron chi connectivity index (χ2n) is 5.82. The molecule has 1 aromatic carbocycles. The van der Waals surface area contributed by atoms with Crippen molar-refractivity contribution in [1.82, 2.24) is 20.5 Å². The van der Waals surface area contributed by atoms with E-state index in [0.29, 0.717) is 12.0 Å². The molecule has 0 spiro atoms. The number of rotatable bonds is 8. The number of halogens is 1. The van der Waals surface area contributed by atoms with Crippen molar-refractivity contribution in [3.8, 4) is 5.88 Å². The number of hydrogen-bond donors (Lipinski definition) is 4. The molecule has 0 aliphatic heterocycles. The molecular weight excluding hydrogens is 369 g/mol. The molecule has 0 fully saturated rings. The number of aliphatic hydroxyl groups excluding tert-OH is 1. The third kappa shape index (κ3) is 4.35. The standard InChI is InChI=1S/C18H20FN5O4/c1-27-7-8-28-17-12-9-20-16(14(19)15(12)23-24-17)22-18(26)21-13(10-25)11-5-3-2-4-6-11/h2-6,9,13,25H,7-8,10H2,1H3,(H,23,24)(H2,20,21,22,26). The van der Waals surface area contributed by atoms with Gasteiger partial charge in [0.15, 0.2) is 11.6 Å². The van der Waals surface area contributed by atoms with Crippen molar-refractivity contribution in [2.24, 2.45) is 0 Å². The van der Waals surface area contributed by atoms with Gasteiger partial charge in [-0.2, -0.15) is 0 Å². The number of amides is 2. The first-order chi connectivity index (χ1) is 13.6. The molecular formula is C18H20FN5O4. The van der Waals surface area contributed by atoms with E-state index in [-0.39, 0.29) is 30.4 Å². The van der Waals surface area contributed by atoms with Crippen molar-refractivity contribution in [1.29, 1.82) is 0 Å².